The van der Waals surface area contributed by atoms with Crippen molar-refractivity contribution < 1.29 is 14.1 Å². The molecule has 0 unspecified atom stereocenters. The molecule has 0 aliphatic carbocycles. The van der Waals surface area contributed by atoms with Gasteiger partial charge in [0.15, 0.2) is 16.6 Å². The Morgan fingerprint density at radius 3 is 2.63 bits per heavy atom. The molecule has 30 heavy (non-hydrogen) atoms. The summed E-state index contributed by atoms with van der Waals surface area (Å²) in [5, 5.41) is 4.64. The lowest BCUT2D eigenvalue weighted by Gasteiger charge is -2.20. The van der Waals surface area contributed by atoms with Gasteiger partial charge in [-0.05, 0) is 32.3 Å². The molecule has 2 aromatic heterocycles. The first-order valence-electron chi connectivity index (χ1n) is 9.48. The molecule has 8 heteroatoms. The molecule has 4 aromatic rings. The Bertz CT molecular complexity index is 1150. The molecule has 0 radical (unpaired) electrons. The van der Waals surface area contributed by atoms with Crippen molar-refractivity contribution >= 4 is 32.6 Å². The number of likely N-dealkylation sites (N-methyl/N-ethyl adjacent to an activating group) is 1. The minimum absolute atomic E-state index is 0.242. The highest BCUT2D eigenvalue weighted by Gasteiger charge is 2.25. The summed E-state index contributed by atoms with van der Waals surface area (Å²) < 4.78 is 11.7. The van der Waals surface area contributed by atoms with E-state index in [0.717, 1.165) is 21.5 Å². The number of carbonyl (C=O) groups excluding carboxylic acids is 1. The molecule has 2 aromatic carbocycles. The van der Waals surface area contributed by atoms with Gasteiger partial charge >= 0.3 is 0 Å². The van der Waals surface area contributed by atoms with Gasteiger partial charge in [0.05, 0.1) is 17.3 Å². The Morgan fingerprint density at radius 2 is 1.90 bits per heavy atom. The predicted octanol–water partition coefficient (Wildman–Crippen LogP) is 4.17. The Kier molecular flexibility index (Phi) is 5.78. The highest BCUT2D eigenvalue weighted by atomic mass is 32.1. The third kappa shape index (κ3) is 4.19. The van der Waals surface area contributed by atoms with E-state index >= 15 is 0 Å². The lowest BCUT2D eigenvalue weighted by atomic mass is 10.1. The van der Waals surface area contributed by atoms with Gasteiger partial charge in [0.1, 0.15) is 5.75 Å². The maximum absolute atomic E-state index is 13.3. The number of rotatable bonds is 7. The fourth-order valence-electron chi connectivity index (χ4n) is 2.97. The van der Waals surface area contributed by atoms with Crippen LogP contribution >= 0.6 is 11.3 Å². The van der Waals surface area contributed by atoms with E-state index < -0.39 is 0 Å². The summed E-state index contributed by atoms with van der Waals surface area (Å²) in [6, 6.07) is 17.0. The summed E-state index contributed by atoms with van der Waals surface area (Å²) in [5.74, 6) is 1.07. The van der Waals surface area contributed by atoms with E-state index in [1.165, 1.54) is 11.3 Å². The maximum atomic E-state index is 13.3. The van der Waals surface area contributed by atoms with Crippen molar-refractivity contribution in [2.24, 2.45) is 0 Å². The van der Waals surface area contributed by atoms with Crippen LogP contribution in [-0.4, -0.2) is 55.2 Å². The predicted molar refractivity (Wildman–Crippen MR) is 118 cm³/mol. The minimum atomic E-state index is -0.242. The SMILES string of the molecule is COc1ccc2nc(N(CCN(C)C)C(=O)c3cc(-c4ccccc4)on3)sc2c1. The number of benzene rings is 2. The summed E-state index contributed by atoms with van der Waals surface area (Å²) in [4.78, 5) is 21.7. The Balaban J connectivity index is 1.67. The zero-order chi connectivity index (χ0) is 21.1. The molecule has 0 saturated carbocycles. The summed E-state index contributed by atoms with van der Waals surface area (Å²) in [7, 11) is 5.57. The molecule has 0 atom stereocenters. The van der Waals surface area contributed by atoms with Crippen LogP contribution in [0.25, 0.3) is 21.5 Å². The maximum Gasteiger partial charge on any atom is 0.282 e. The number of hydrogen-bond acceptors (Lipinski definition) is 7. The number of methoxy groups -OCH3 is 1. The van der Waals surface area contributed by atoms with Gasteiger partial charge in [-0.15, -0.1) is 0 Å². The molecule has 0 aliphatic rings. The van der Waals surface area contributed by atoms with Gasteiger partial charge in [0.2, 0.25) is 0 Å². The molecular weight excluding hydrogens is 400 g/mol. The fraction of sp³-hybridized carbons (Fsp3) is 0.227. The van der Waals surface area contributed by atoms with E-state index in [1.807, 2.05) is 67.5 Å². The Morgan fingerprint density at radius 1 is 1.10 bits per heavy atom. The number of ether oxygens (including phenoxy) is 1. The number of amides is 1. The summed E-state index contributed by atoms with van der Waals surface area (Å²) >= 11 is 1.45. The van der Waals surface area contributed by atoms with Gasteiger partial charge in [-0.3, -0.25) is 9.69 Å². The van der Waals surface area contributed by atoms with Crippen molar-refractivity contribution in [1.29, 1.82) is 0 Å². The Hall–Kier alpha value is -3.23. The van der Waals surface area contributed by atoms with Gasteiger partial charge in [-0.25, -0.2) is 4.98 Å². The molecule has 0 aliphatic heterocycles. The highest BCUT2D eigenvalue weighted by Crippen LogP contribution is 2.32. The number of anilines is 1. The molecule has 0 N–H and O–H groups in total. The van der Waals surface area contributed by atoms with Crippen LogP contribution in [0.15, 0.2) is 59.1 Å². The molecule has 0 bridgehead atoms. The van der Waals surface area contributed by atoms with Crippen LogP contribution in [0.2, 0.25) is 0 Å². The molecule has 2 heterocycles. The van der Waals surface area contributed by atoms with Gasteiger partial charge in [0, 0.05) is 24.7 Å². The zero-order valence-electron chi connectivity index (χ0n) is 17.0. The highest BCUT2D eigenvalue weighted by molar-refractivity contribution is 7.22. The van der Waals surface area contributed by atoms with E-state index in [9.17, 15) is 4.79 Å². The van der Waals surface area contributed by atoms with Gasteiger partial charge in [0.25, 0.3) is 5.91 Å². The second-order valence-corrected chi connectivity index (χ2v) is 8.04. The van der Waals surface area contributed by atoms with Crippen molar-refractivity contribution in [2.75, 3.05) is 39.2 Å². The van der Waals surface area contributed by atoms with Crippen molar-refractivity contribution in [1.82, 2.24) is 15.0 Å². The first kappa shape index (κ1) is 20.1. The fourth-order valence-corrected chi connectivity index (χ4v) is 3.99. The van der Waals surface area contributed by atoms with E-state index in [4.69, 9.17) is 9.26 Å². The van der Waals surface area contributed by atoms with Crippen molar-refractivity contribution in [3.8, 4) is 17.1 Å². The van der Waals surface area contributed by atoms with Crippen molar-refractivity contribution in [3.63, 3.8) is 0 Å². The average molecular weight is 423 g/mol. The van der Waals surface area contributed by atoms with Crippen LogP contribution < -0.4 is 9.64 Å². The van der Waals surface area contributed by atoms with Crippen LogP contribution in [0.4, 0.5) is 5.13 Å². The molecule has 1 amide bonds. The molecule has 0 fully saturated rings. The topological polar surface area (TPSA) is 71.7 Å². The number of carbonyl (C=O) groups is 1. The molecule has 7 nitrogen and oxygen atoms in total. The van der Waals surface area contributed by atoms with Crippen LogP contribution in [-0.2, 0) is 0 Å². The quantitative estimate of drug-likeness (QED) is 0.445. The van der Waals surface area contributed by atoms with Crippen LogP contribution in [0.3, 0.4) is 0 Å². The van der Waals surface area contributed by atoms with E-state index in [1.54, 1.807) is 18.1 Å². The summed E-state index contributed by atoms with van der Waals surface area (Å²) in [6.45, 7) is 1.17. The van der Waals surface area contributed by atoms with Crippen LogP contribution in [0.1, 0.15) is 10.5 Å². The second-order valence-electron chi connectivity index (χ2n) is 7.03. The number of nitrogens with zero attached hydrogens (tertiary/aromatic N) is 4. The lowest BCUT2D eigenvalue weighted by molar-refractivity contribution is 0.0976. The third-order valence-electron chi connectivity index (χ3n) is 4.62. The Labute approximate surface area is 178 Å². The molecule has 154 valence electrons. The number of aromatic nitrogens is 2. The van der Waals surface area contributed by atoms with E-state index in [0.29, 0.717) is 24.0 Å². The van der Waals surface area contributed by atoms with E-state index in [-0.39, 0.29) is 11.6 Å². The second kappa shape index (κ2) is 8.64. The van der Waals surface area contributed by atoms with Gasteiger partial charge in [-0.1, -0.05) is 46.8 Å². The van der Waals surface area contributed by atoms with Gasteiger partial charge in [-0.2, -0.15) is 0 Å². The normalized spacial score (nSPS) is 11.2. The van der Waals surface area contributed by atoms with Crippen molar-refractivity contribution in [3.05, 3.63) is 60.3 Å². The molecule has 4 rings (SSSR count). The summed E-state index contributed by atoms with van der Waals surface area (Å²) in [5.41, 5.74) is 1.95. The standard InChI is InChI=1S/C22H22N4O3S/c1-25(2)11-12-26(22-23-17-10-9-16(28-3)13-20(17)30-22)21(27)18-14-19(29-24-18)15-7-5-4-6-8-15/h4-10,13-14H,11-12H2,1-3H3. The van der Waals surface area contributed by atoms with Crippen LogP contribution in [0, 0.1) is 0 Å². The lowest BCUT2D eigenvalue weighted by Crippen LogP contribution is -2.36. The monoisotopic (exact) mass is 422 g/mol. The largest absolute Gasteiger partial charge is 0.497 e. The average Bonchev–Trinajstić information content (AvgIpc) is 3.41. The number of thiazole rings is 1. The number of fused-ring (bicyclic) bond motifs is 1. The smallest absolute Gasteiger partial charge is 0.282 e. The first-order chi connectivity index (χ1) is 14.5. The van der Waals surface area contributed by atoms with E-state index in [2.05, 4.69) is 10.1 Å². The van der Waals surface area contributed by atoms with Gasteiger partial charge < -0.3 is 14.2 Å². The summed E-state index contributed by atoms with van der Waals surface area (Å²) in [6.07, 6.45) is 0. The molecule has 0 spiro atoms. The number of hydrogen-bond donors (Lipinski definition) is 0. The van der Waals surface area contributed by atoms with Crippen molar-refractivity contribution in [2.45, 2.75) is 0 Å². The third-order valence-corrected chi connectivity index (χ3v) is 5.66. The van der Waals surface area contributed by atoms with Crippen LogP contribution in [0.5, 0.6) is 5.75 Å². The zero-order valence-corrected chi connectivity index (χ0v) is 17.8. The first-order valence-corrected chi connectivity index (χ1v) is 10.3. The minimum Gasteiger partial charge on any atom is -0.497 e. The molecular formula is C22H22N4O3S. The molecule has 0 saturated heterocycles.